The molecule has 0 saturated carbocycles. The number of piperazine rings is 1. The highest BCUT2D eigenvalue weighted by molar-refractivity contribution is 9.10. The monoisotopic (exact) mass is 389 g/mol. The van der Waals surface area contributed by atoms with Gasteiger partial charge in [-0.05, 0) is 37.2 Å². The Bertz CT molecular complexity index is 502. The Morgan fingerprint density at radius 2 is 1.59 bits per heavy atom. The molecule has 2 amide bonds. The van der Waals surface area contributed by atoms with Crippen LogP contribution in [0.15, 0.2) is 28.7 Å². The molecule has 0 spiro atoms. The Morgan fingerprint density at radius 1 is 1.05 bits per heavy atom. The number of amides is 2. The van der Waals surface area contributed by atoms with E-state index in [9.17, 15) is 9.59 Å². The normalized spacial score (nSPS) is 14.5. The van der Waals surface area contributed by atoms with Crippen molar-refractivity contribution in [1.29, 1.82) is 0 Å². The second kappa shape index (κ2) is 9.12. The standard InChI is InChI=1S/C15H20BrN3O2.ClH/c16-13-5-3-12(4-6-13)15(21)19-10-8-18(9-11-19)14(20)2-1-7-17;/h3-6H,1-2,7-11,17H2;1H. The molecule has 5 nitrogen and oxygen atoms in total. The number of benzene rings is 1. The van der Waals surface area contributed by atoms with Crippen molar-refractivity contribution in [2.45, 2.75) is 12.8 Å². The predicted octanol–water partition coefficient (Wildman–Crippen LogP) is 1.89. The third-order valence-corrected chi connectivity index (χ3v) is 4.13. The van der Waals surface area contributed by atoms with Gasteiger partial charge in [0.25, 0.3) is 5.91 Å². The molecule has 2 rings (SSSR count). The molecular formula is C15H21BrClN3O2. The van der Waals surface area contributed by atoms with Gasteiger partial charge in [0, 0.05) is 42.6 Å². The van der Waals surface area contributed by atoms with Crippen LogP contribution in [-0.2, 0) is 4.79 Å². The molecule has 1 aliphatic rings. The quantitative estimate of drug-likeness (QED) is 0.854. The van der Waals surface area contributed by atoms with Crippen LogP contribution in [0.25, 0.3) is 0 Å². The van der Waals surface area contributed by atoms with E-state index < -0.39 is 0 Å². The van der Waals surface area contributed by atoms with Crippen LogP contribution in [0, 0.1) is 0 Å². The fraction of sp³-hybridized carbons (Fsp3) is 0.467. The van der Waals surface area contributed by atoms with E-state index in [4.69, 9.17) is 5.73 Å². The molecule has 1 aromatic carbocycles. The molecule has 7 heteroatoms. The fourth-order valence-electron chi connectivity index (χ4n) is 2.35. The Kier molecular flexibility index (Phi) is 7.85. The first-order valence-corrected chi connectivity index (χ1v) is 7.94. The van der Waals surface area contributed by atoms with Gasteiger partial charge in [-0.3, -0.25) is 9.59 Å². The summed E-state index contributed by atoms with van der Waals surface area (Å²) in [6.45, 7) is 2.91. The zero-order valence-electron chi connectivity index (χ0n) is 12.3. The fourth-order valence-corrected chi connectivity index (χ4v) is 2.61. The average Bonchev–Trinajstić information content (AvgIpc) is 2.53. The molecule has 122 valence electrons. The molecular weight excluding hydrogens is 370 g/mol. The molecule has 0 atom stereocenters. The summed E-state index contributed by atoms with van der Waals surface area (Å²) < 4.78 is 0.953. The lowest BCUT2D eigenvalue weighted by Gasteiger charge is -2.35. The van der Waals surface area contributed by atoms with Crippen LogP contribution >= 0.6 is 28.3 Å². The van der Waals surface area contributed by atoms with Crippen molar-refractivity contribution in [3.05, 3.63) is 34.3 Å². The summed E-state index contributed by atoms with van der Waals surface area (Å²) >= 11 is 3.36. The van der Waals surface area contributed by atoms with Crippen molar-refractivity contribution in [2.75, 3.05) is 32.7 Å². The van der Waals surface area contributed by atoms with Gasteiger partial charge in [-0.2, -0.15) is 0 Å². The molecule has 0 unspecified atom stereocenters. The largest absolute Gasteiger partial charge is 0.339 e. The van der Waals surface area contributed by atoms with E-state index in [0.717, 1.165) is 10.9 Å². The highest BCUT2D eigenvalue weighted by Crippen LogP contribution is 2.14. The van der Waals surface area contributed by atoms with Crippen LogP contribution in [0.4, 0.5) is 0 Å². The van der Waals surface area contributed by atoms with Gasteiger partial charge in [0.1, 0.15) is 0 Å². The van der Waals surface area contributed by atoms with Crippen molar-refractivity contribution >= 4 is 40.2 Å². The van der Waals surface area contributed by atoms with Gasteiger partial charge in [0.2, 0.25) is 5.91 Å². The summed E-state index contributed by atoms with van der Waals surface area (Å²) in [4.78, 5) is 27.9. The molecule has 0 aliphatic carbocycles. The maximum absolute atomic E-state index is 12.4. The van der Waals surface area contributed by atoms with E-state index in [0.29, 0.717) is 44.7 Å². The number of carbonyl (C=O) groups excluding carboxylic acids is 2. The lowest BCUT2D eigenvalue weighted by atomic mass is 10.1. The Balaban J connectivity index is 0.00000242. The lowest BCUT2D eigenvalue weighted by Crippen LogP contribution is -2.50. The highest BCUT2D eigenvalue weighted by Gasteiger charge is 2.24. The van der Waals surface area contributed by atoms with E-state index >= 15 is 0 Å². The first kappa shape index (κ1) is 18.9. The Morgan fingerprint density at radius 3 is 2.14 bits per heavy atom. The SMILES string of the molecule is Cl.NCCCC(=O)N1CCN(C(=O)c2ccc(Br)cc2)CC1. The molecule has 1 heterocycles. The van der Waals surface area contributed by atoms with Crippen molar-refractivity contribution in [1.82, 2.24) is 9.80 Å². The number of hydrogen-bond donors (Lipinski definition) is 1. The van der Waals surface area contributed by atoms with E-state index in [1.165, 1.54) is 0 Å². The molecule has 0 bridgehead atoms. The van der Waals surface area contributed by atoms with Crippen LogP contribution in [0.1, 0.15) is 23.2 Å². The molecule has 0 aromatic heterocycles. The smallest absolute Gasteiger partial charge is 0.253 e. The molecule has 1 aromatic rings. The van der Waals surface area contributed by atoms with Crippen LogP contribution in [0.3, 0.4) is 0 Å². The molecule has 0 radical (unpaired) electrons. The first-order valence-electron chi connectivity index (χ1n) is 7.14. The van der Waals surface area contributed by atoms with Gasteiger partial charge in [0.05, 0.1) is 0 Å². The summed E-state index contributed by atoms with van der Waals surface area (Å²) in [6.07, 6.45) is 1.22. The summed E-state index contributed by atoms with van der Waals surface area (Å²) in [6, 6.07) is 7.34. The van der Waals surface area contributed by atoms with Crippen LogP contribution < -0.4 is 5.73 Å². The molecule has 1 aliphatic heterocycles. The van der Waals surface area contributed by atoms with Crippen molar-refractivity contribution in [2.24, 2.45) is 5.73 Å². The van der Waals surface area contributed by atoms with E-state index in [2.05, 4.69) is 15.9 Å². The van der Waals surface area contributed by atoms with Gasteiger partial charge >= 0.3 is 0 Å². The van der Waals surface area contributed by atoms with Gasteiger partial charge in [-0.25, -0.2) is 0 Å². The van der Waals surface area contributed by atoms with E-state index in [1.807, 2.05) is 29.2 Å². The summed E-state index contributed by atoms with van der Waals surface area (Å²) in [5.41, 5.74) is 6.10. The molecule has 1 saturated heterocycles. The first-order chi connectivity index (χ1) is 10.1. The topological polar surface area (TPSA) is 66.6 Å². The summed E-state index contributed by atoms with van der Waals surface area (Å²) in [7, 11) is 0. The second-order valence-corrected chi connectivity index (χ2v) is 5.99. The van der Waals surface area contributed by atoms with Crippen LogP contribution in [0.2, 0.25) is 0 Å². The molecule has 22 heavy (non-hydrogen) atoms. The Labute approximate surface area is 145 Å². The zero-order chi connectivity index (χ0) is 15.2. The summed E-state index contributed by atoms with van der Waals surface area (Å²) in [5, 5.41) is 0. The van der Waals surface area contributed by atoms with Crippen LogP contribution in [-0.4, -0.2) is 54.3 Å². The van der Waals surface area contributed by atoms with Crippen molar-refractivity contribution in [3.63, 3.8) is 0 Å². The van der Waals surface area contributed by atoms with E-state index in [-0.39, 0.29) is 24.2 Å². The Hall–Kier alpha value is -1.11. The van der Waals surface area contributed by atoms with Gasteiger partial charge in [0.15, 0.2) is 0 Å². The minimum Gasteiger partial charge on any atom is -0.339 e. The van der Waals surface area contributed by atoms with Gasteiger partial charge < -0.3 is 15.5 Å². The third kappa shape index (κ3) is 4.97. The number of hydrogen-bond acceptors (Lipinski definition) is 3. The number of rotatable bonds is 4. The average molecular weight is 391 g/mol. The van der Waals surface area contributed by atoms with Crippen molar-refractivity contribution < 1.29 is 9.59 Å². The number of nitrogens with zero attached hydrogens (tertiary/aromatic N) is 2. The maximum Gasteiger partial charge on any atom is 0.253 e. The minimum atomic E-state index is 0. The molecule has 2 N–H and O–H groups in total. The third-order valence-electron chi connectivity index (χ3n) is 3.61. The number of nitrogens with two attached hydrogens (primary N) is 1. The van der Waals surface area contributed by atoms with E-state index in [1.54, 1.807) is 4.90 Å². The highest BCUT2D eigenvalue weighted by atomic mass is 79.9. The number of carbonyl (C=O) groups is 2. The predicted molar refractivity (Wildman–Crippen MR) is 92.2 cm³/mol. The maximum atomic E-state index is 12.4. The molecule has 1 fully saturated rings. The number of halogens is 2. The van der Waals surface area contributed by atoms with Crippen LogP contribution in [0.5, 0.6) is 0 Å². The zero-order valence-corrected chi connectivity index (χ0v) is 14.7. The summed E-state index contributed by atoms with van der Waals surface area (Å²) in [5.74, 6) is 0.160. The minimum absolute atomic E-state index is 0. The van der Waals surface area contributed by atoms with Crippen molar-refractivity contribution in [3.8, 4) is 0 Å². The van der Waals surface area contributed by atoms with Gasteiger partial charge in [-0.15, -0.1) is 12.4 Å². The second-order valence-electron chi connectivity index (χ2n) is 5.07. The lowest BCUT2D eigenvalue weighted by molar-refractivity contribution is -0.132. The van der Waals surface area contributed by atoms with Gasteiger partial charge in [-0.1, -0.05) is 15.9 Å².